The number of carbonyl (C=O) groups excluding carboxylic acids is 1. The van der Waals surface area contributed by atoms with Crippen LogP contribution in [0.4, 0.5) is 5.82 Å². The number of hydrogen-bond acceptors (Lipinski definition) is 5. The molecule has 1 N–H and O–H groups in total. The summed E-state index contributed by atoms with van der Waals surface area (Å²) in [4.78, 5) is 17.4. The predicted octanol–water partition coefficient (Wildman–Crippen LogP) is 4.91. The average Bonchev–Trinajstić information content (AvgIpc) is 3.25. The number of hydrogen-bond donors (Lipinski definition) is 1. The Morgan fingerprint density at radius 3 is 2.57 bits per heavy atom. The molecule has 0 atom stereocenters. The lowest BCUT2D eigenvalue weighted by molar-refractivity contribution is -0.115. The second-order valence-electron chi connectivity index (χ2n) is 7.51. The van der Waals surface area contributed by atoms with E-state index in [-0.39, 0.29) is 12.3 Å². The first-order chi connectivity index (χ1) is 14.3. The molecule has 0 aliphatic heterocycles. The molecule has 1 amide bonds. The number of nitrogens with one attached hydrogen (secondary N) is 1. The van der Waals surface area contributed by atoms with Crippen molar-refractivity contribution in [2.24, 2.45) is 0 Å². The third kappa shape index (κ3) is 3.93. The highest BCUT2D eigenvalue weighted by Crippen LogP contribution is 2.29. The van der Waals surface area contributed by atoms with E-state index in [4.69, 9.17) is 9.72 Å². The molecule has 0 unspecified atom stereocenters. The van der Waals surface area contributed by atoms with Crippen LogP contribution in [-0.2, 0) is 11.2 Å². The topological polar surface area (TPSA) is 69.0 Å². The van der Waals surface area contributed by atoms with E-state index in [1.54, 1.807) is 23.1 Å². The Kier molecular flexibility index (Phi) is 5.30. The molecular formula is C23H24N4O2S. The molecule has 0 saturated carbocycles. The second-order valence-corrected chi connectivity index (χ2v) is 8.52. The van der Waals surface area contributed by atoms with Gasteiger partial charge in [0.05, 0.1) is 29.4 Å². The van der Waals surface area contributed by atoms with Crippen molar-refractivity contribution in [3.05, 3.63) is 64.3 Å². The lowest BCUT2D eigenvalue weighted by Crippen LogP contribution is -2.17. The molecular weight excluding hydrogens is 396 g/mol. The minimum atomic E-state index is -0.103. The van der Waals surface area contributed by atoms with E-state index in [0.717, 1.165) is 37.9 Å². The quantitative estimate of drug-likeness (QED) is 0.498. The minimum absolute atomic E-state index is 0.103. The number of benzene rings is 2. The molecule has 0 fully saturated rings. The van der Waals surface area contributed by atoms with Crippen LogP contribution in [0.25, 0.3) is 15.3 Å². The maximum absolute atomic E-state index is 12.7. The van der Waals surface area contributed by atoms with E-state index >= 15 is 0 Å². The zero-order valence-electron chi connectivity index (χ0n) is 17.7. The molecule has 7 heteroatoms. The largest absolute Gasteiger partial charge is 0.496 e. The molecule has 30 heavy (non-hydrogen) atoms. The van der Waals surface area contributed by atoms with E-state index in [1.165, 1.54) is 11.1 Å². The van der Waals surface area contributed by atoms with Crippen molar-refractivity contribution in [1.82, 2.24) is 14.8 Å². The Morgan fingerprint density at radius 1 is 1.07 bits per heavy atom. The number of fused-ring (bicyclic) bond motifs is 1. The Hall–Kier alpha value is -3.19. The minimum Gasteiger partial charge on any atom is -0.496 e. The van der Waals surface area contributed by atoms with E-state index in [9.17, 15) is 4.79 Å². The molecule has 2 aromatic heterocycles. The Bertz CT molecular complexity index is 1220. The van der Waals surface area contributed by atoms with Gasteiger partial charge in [-0.15, -0.1) is 0 Å². The summed E-state index contributed by atoms with van der Waals surface area (Å²) in [5.74, 6) is 1.33. The van der Waals surface area contributed by atoms with Crippen LogP contribution in [0, 0.1) is 27.7 Å². The fourth-order valence-corrected chi connectivity index (χ4v) is 4.43. The van der Waals surface area contributed by atoms with Crippen LogP contribution >= 0.6 is 11.3 Å². The normalized spacial score (nSPS) is 11.1. The number of carbonyl (C=O) groups is 1. The van der Waals surface area contributed by atoms with Crippen molar-refractivity contribution < 1.29 is 9.53 Å². The highest BCUT2D eigenvalue weighted by molar-refractivity contribution is 7.20. The number of aryl methyl sites for hydroxylation is 4. The lowest BCUT2D eigenvalue weighted by Gasteiger charge is -2.09. The summed E-state index contributed by atoms with van der Waals surface area (Å²) < 4.78 is 8.10. The lowest BCUT2D eigenvalue weighted by atomic mass is 10.1. The molecule has 154 valence electrons. The molecule has 2 heterocycles. The molecule has 0 saturated heterocycles. The van der Waals surface area contributed by atoms with E-state index < -0.39 is 0 Å². The number of amides is 1. The summed E-state index contributed by atoms with van der Waals surface area (Å²) in [6, 6.07) is 11.9. The molecule has 2 aromatic carbocycles. The van der Waals surface area contributed by atoms with Gasteiger partial charge in [-0.05, 0) is 68.1 Å². The van der Waals surface area contributed by atoms with Crippen LogP contribution in [0.3, 0.4) is 0 Å². The van der Waals surface area contributed by atoms with Crippen molar-refractivity contribution in [3.8, 4) is 10.9 Å². The van der Waals surface area contributed by atoms with Crippen molar-refractivity contribution in [2.45, 2.75) is 34.1 Å². The zero-order chi connectivity index (χ0) is 21.4. The zero-order valence-corrected chi connectivity index (χ0v) is 18.6. The molecule has 4 aromatic rings. The predicted molar refractivity (Wildman–Crippen MR) is 121 cm³/mol. The van der Waals surface area contributed by atoms with E-state index in [2.05, 4.69) is 36.4 Å². The van der Waals surface area contributed by atoms with Crippen molar-refractivity contribution >= 4 is 33.3 Å². The van der Waals surface area contributed by atoms with Gasteiger partial charge in [-0.25, -0.2) is 4.98 Å². The van der Waals surface area contributed by atoms with Gasteiger partial charge < -0.3 is 10.1 Å². The highest BCUT2D eigenvalue weighted by atomic mass is 32.1. The SMILES string of the molecule is COc1ccc(CC(=O)Nc2cc(C)nn2-c2nc3cc(C)c(C)cc3s2)cc1C. The number of methoxy groups -OCH3 is 1. The second kappa shape index (κ2) is 7.91. The first-order valence-corrected chi connectivity index (χ1v) is 10.5. The number of nitrogens with zero attached hydrogens (tertiary/aromatic N) is 3. The summed E-state index contributed by atoms with van der Waals surface area (Å²) in [5, 5.41) is 8.28. The Morgan fingerprint density at radius 2 is 1.83 bits per heavy atom. The number of rotatable bonds is 5. The highest BCUT2D eigenvalue weighted by Gasteiger charge is 2.15. The van der Waals surface area contributed by atoms with E-state index in [0.29, 0.717) is 5.82 Å². The fourth-order valence-electron chi connectivity index (χ4n) is 3.42. The van der Waals surface area contributed by atoms with Crippen LogP contribution in [0.1, 0.15) is 27.9 Å². The summed E-state index contributed by atoms with van der Waals surface area (Å²) >= 11 is 1.56. The van der Waals surface area contributed by atoms with Gasteiger partial charge in [0.2, 0.25) is 11.0 Å². The van der Waals surface area contributed by atoms with Gasteiger partial charge in [-0.2, -0.15) is 9.78 Å². The maximum Gasteiger partial charge on any atom is 0.229 e. The number of anilines is 1. The molecule has 0 aliphatic rings. The fraction of sp³-hybridized carbons (Fsp3) is 0.261. The number of ether oxygens (including phenoxy) is 1. The van der Waals surface area contributed by atoms with Crippen LogP contribution < -0.4 is 10.1 Å². The van der Waals surface area contributed by atoms with Crippen LogP contribution in [0.2, 0.25) is 0 Å². The van der Waals surface area contributed by atoms with Gasteiger partial charge in [0.15, 0.2) is 0 Å². The summed E-state index contributed by atoms with van der Waals surface area (Å²) in [7, 11) is 1.64. The average molecular weight is 421 g/mol. The third-order valence-electron chi connectivity index (χ3n) is 5.10. The standard InChI is InChI=1S/C23H24N4O2S/c1-13-9-18-20(10-14(13)2)30-23(24-18)27-21(11-16(4)26-27)25-22(28)12-17-6-7-19(29-5)15(3)8-17/h6-11H,12H2,1-5H3,(H,25,28). The molecule has 0 radical (unpaired) electrons. The first-order valence-electron chi connectivity index (χ1n) is 9.72. The maximum atomic E-state index is 12.7. The van der Waals surface area contributed by atoms with Gasteiger partial charge in [-0.3, -0.25) is 4.79 Å². The Labute approximate surface area is 179 Å². The van der Waals surface area contributed by atoms with Gasteiger partial charge in [0, 0.05) is 6.07 Å². The van der Waals surface area contributed by atoms with Gasteiger partial charge in [0.1, 0.15) is 11.6 Å². The Balaban J connectivity index is 1.59. The molecule has 0 aliphatic carbocycles. The molecule has 6 nitrogen and oxygen atoms in total. The molecule has 0 bridgehead atoms. The number of thiazole rings is 1. The van der Waals surface area contributed by atoms with Gasteiger partial charge in [0.25, 0.3) is 0 Å². The van der Waals surface area contributed by atoms with Crippen molar-refractivity contribution in [1.29, 1.82) is 0 Å². The van der Waals surface area contributed by atoms with Crippen molar-refractivity contribution in [3.63, 3.8) is 0 Å². The smallest absolute Gasteiger partial charge is 0.229 e. The van der Waals surface area contributed by atoms with Gasteiger partial charge >= 0.3 is 0 Å². The molecule has 4 rings (SSSR count). The summed E-state index contributed by atoms with van der Waals surface area (Å²) in [5.41, 5.74) is 6.13. The summed E-state index contributed by atoms with van der Waals surface area (Å²) in [6.07, 6.45) is 0.271. The van der Waals surface area contributed by atoms with E-state index in [1.807, 2.05) is 38.1 Å². The monoisotopic (exact) mass is 420 g/mol. The summed E-state index contributed by atoms with van der Waals surface area (Å²) in [6.45, 7) is 8.05. The van der Waals surface area contributed by atoms with Crippen LogP contribution in [-0.4, -0.2) is 27.8 Å². The molecule has 0 spiro atoms. The first kappa shape index (κ1) is 20.1. The third-order valence-corrected chi connectivity index (χ3v) is 6.09. The number of aromatic nitrogens is 3. The van der Waals surface area contributed by atoms with Gasteiger partial charge in [-0.1, -0.05) is 23.5 Å². The van der Waals surface area contributed by atoms with Crippen LogP contribution in [0.5, 0.6) is 5.75 Å². The van der Waals surface area contributed by atoms with Crippen molar-refractivity contribution in [2.75, 3.05) is 12.4 Å². The van der Waals surface area contributed by atoms with Crippen LogP contribution in [0.15, 0.2) is 36.4 Å².